The van der Waals surface area contributed by atoms with E-state index in [0.29, 0.717) is 31.2 Å². The molecule has 8 heteroatoms. The molecule has 0 aliphatic rings. The molecule has 25 heavy (non-hydrogen) atoms. The molecule has 0 saturated heterocycles. The number of methoxy groups -OCH3 is 1. The summed E-state index contributed by atoms with van der Waals surface area (Å²) in [5, 5.41) is 4.33. The Hall–Kier alpha value is -3.00. The molecule has 1 aromatic carbocycles. The number of aromatic nitrogens is 6. The minimum atomic E-state index is -0.260. The van der Waals surface area contributed by atoms with Crippen molar-refractivity contribution in [2.45, 2.75) is 13.1 Å². The van der Waals surface area contributed by atoms with Crippen LogP contribution in [0.5, 0.6) is 0 Å². The van der Waals surface area contributed by atoms with Gasteiger partial charge in [-0.25, -0.2) is 19.0 Å². The average Bonchev–Trinajstić information content (AvgIpc) is 3.29. The van der Waals surface area contributed by atoms with Crippen molar-refractivity contribution in [2.75, 3.05) is 13.7 Å². The SMILES string of the molecule is COCCn1ccnc1-c1nc2c(cnn2Cc2cccc(F)c2)[nH]1. The summed E-state index contributed by atoms with van der Waals surface area (Å²) in [6, 6.07) is 6.47. The lowest BCUT2D eigenvalue weighted by atomic mass is 10.2. The van der Waals surface area contributed by atoms with E-state index in [1.165, 1.54) is 12.1 Å². The van der Waals surface area contributed by atoms with Crippen molar-refractivity contribution in [1.82, 2.24) is 29.3 Å². The molecule has 4 rings (SSSR count). The zero-order chi connectivity index (χ0) is 17.2. The first-order valence-electron chi connectivity index (χ1n) is 7.91. The third-order valence-electron chi connectivity index (χ3n) is 3.97. The summed E-state index contributed by atoms with van der Waals surface area (Å²) in [4.78, 5) is 12.2. The van der Waals surface area contributed by atoms with Crippen LogP contribution in [0.2, 0.25) is 0 Å². The predicted molar refractivity (Wildman–Crippen MR) is 90.5 cm³/mol. The van der Waals surface area contributed by atoms with Crippen LogP contribution in [0.25, 0.3) is 22.8 Å². The van der Waals surface area contributed by atoms with E-state index < -0.39 is 0 Å². The van der Waals surface area contributed by atoms with Crippen molar-refractivity contribution in [2.24, 2.45) is 0 Å². The van der Waals surface area contributed by atoms with Gasteiger partial charge in [-0.1, -0.05) is 12.1 Å². The van der Waals surface area contributed by atoms with Crippen LogP contribution >= 0.6 is 0 Å². The minimum absolute atomic E-state index is 0.260. The molecule has 7 nitrogen and oxygen atoms in total. The zero-order valence-electron chi connectivity index (χ0n) is 13.7. The number of rotatable bonds is 6. The minimum Gasteiger partial charge on any atom is -0.383 e. The van der Waals surface area contributed by atoms with E-state index in [4.69, 9.17) is 4.74 Å². The normalized spacial score (nSPS) is 11.4. The van der Waals surface area contributed by atoms with Crippen LogP contribution in [0, 0.1) is 5.82 Å². The van der Waals surface area contributed by atoms with E-state index >= 15 is 0 Å². The Morgan fingerprint density at radius 2 is 2.24 bits per heavy atom. The number of nitrogens with zero attached hydrogens (tertiary/aromatic N) is 5. The Morgan fingerprint density at radius 1 is 1.32 bits per heavy atom. The number of H-pyrrole nitrogens is 1. The molecule has 1 N–H and O–H groups in total. The second-order valence-electron chi connectivity index (χ2n) is 5.69. The maximum Gasteiger partial charge on any atom is 0.177 e. The first-order valence-corrected chi connectivity index (χ1v) is 7.91. The number of hydrogen-bond donors (Lipinski definition) is 1. The van der Waals surface area contributed by atoms with Crippen LogP contribution in [-0.2, 0) is 17.8 Å². The Bertz CT molecular complexity index is 1000. The molecule has 0 amide bonds. The van der Waals surface area contributed by atoms with Crippen LogP contribution in [0.15, 0.2) is 42.9 Å². The lowest BCUT2D eigenvalue weighted by molar-refractivity contribution is 0.187. The lowest BCUT2D eigenvalue weighted by Crippen LogP contribution is -2.06. The quantitative estimate of drug-likeness (QED) is 0.585. The van der Waals surface area contributed by atoms with E-state index in [2.05, 4.69) is 20.1 Å². The fraction of sp³-hybridized carbons (Fsp3) is 0.235. The molecule has 0 aliphatic heterocycles. The van der Waals surface area contributed by atoms with Gasteiger partial charge in [-0.05, 0) is 17.7 Å². The molecule has 0 unspecified atom stereocenters. The van der Waals surface area contributed by atoms with E-state index in [1.54, 1.807) is 30.3 Å². The molecule has 0 fully saturated rings. The summed E-state index contributed by atoms with van der Waals surface area (Å²) in [7, 11) is 1.67. The molecule has 4 aromatic rings. The molecule has 0 radical (unpaired) electrons. The summed E-state index contributed by atoms with van der Waals surface area (Å²) < 4.78 is 22.2. The van der Waals surface area contributed by atoms with E-state index in [0.717, 1.165) is 16.9 Å². The highest BCUT2D eigenvalue weighted by molar-refractivity contribution is 5.74. The van der Waals surface area contributed by atoms with Crippen molar-refractivity contribution in [1.29, 1.82) is 0 Å². The number of aromatic amines is 1. The topological polar surface area (TPSA) is 73.5 Å². The number of ether oxygens (including phenoxy) is 1. The highest BCUT2D eigenvalue weighted by atomic mass is 19.1. The molecule has 0 atom stereocenters. The second-order valence-corrected chi connectivity index (χ2v) is 5.69. The van der Waals surface area contributed by atoms with Crippen LogP contribution in [0.4, 0.5) is 4.39 Å². The van der Waals surface area contributed by atoms with Gasteiger partial charge in [0, 0.05) is 26.0 Å². The van der Waals surface area contributed by atoms with Gasteiger partial charge in [0.05, 0.1) is 19.3 Å². The Labute approximate surface area is 143 Å². The average molecular weight is 340 g/mol. The molecular weight excluding hydrogens is 323 g/mol. The highest BCUT2D eigenvalue weighted by Gasteiger charge is 2.14. The van der Waals surface area contributed by atoms with Crippen LogP contribution < -0.4 is 0 Å². The smallest absolute Gasteiger partial charge is 0.177 e. The van der Waals surface area contributed by atoms with Crippen molar-refractivity contribution in [3.05, 3.63) is 54.2 Å². The standard InChI is InChI=1S/C17H17FN6O/c1-25-8-7-23-6-5-19-17(23)15-21-14-10-20-24(16(14)22-15)11-12-3-2-4-13(18)9-12/h2-6,9-10H,7-8,11H2,1H3,(H,21,22). The van der Waals surface area contributed by atoms with Gasteiger partial charge in [0.2, 0.25) is 0 Å². The molecule has 0 spiro atoms. The monoisotopic (exact) mass is 340 g/mol. The van der Waals surface area contributed by atoms with Gasteiger partial charge in [-0.3, -0.25) is 0 Å². The van der Waals surface area contributed by atoms with Crippen LogP contribution in [0.1, 0.15) is 5.56 Å². The number of benzene rings is 1. The summed E-state index contributed by atoms with van der Waals surface area (Å²) in [6.45, 7) is 1.74. The van der Waals surface area contributed by atoms with Gasteiger partial charge < -0.3 is 14.3 Å². The first kappa shape index (κ1) is 15.5. The molecular formula is C17H17FN6O. The number of halogens is 1. The summed E-state index contributed by atoms with van der Waals surface area (Å²) in [6.07, 6.45) is 5.34. The summed E-state index contributed by atoms with van der Waals surface area (Å²) in [5.74, 6) is 1.15. The molecule has 0 bridgehead atoms. The van der Waals surface area contributed by atoms with Crippen molar-refractivity contribution in [3.8, 4) is 11.6 Å². The molecule has 128 valence electrons. The Balaban J connectivity index is 1.66. The molecule has 0 aliphatic carbocycles. The summed E-state index contributed by atoms with van der Waals surface area (Å²) in [5.41, 5.74) is 2.35. The molecule has 3 heterocycles. The van der Waals surface area contributed by atoms with E-state index in [1.807, 2.05) is 16.8 Å². The predicted octanol–water partition coefficient (Wildman–Crippen LogP) is 2.46. The van der Waals surface area contributed by atoms with Crippen LogP contribution in [-0.4, -0.2) is 43.0 Å². The Kier molecular flexibility index (Phi) is 4.02. The van der Waals surface area contributed by atoms with Gasteiger partial charge in [0.15, 0.2) is 17.3 Å². The van der Waals surface area contributed by atoms with Gasteiger partial charge in [0.25, 0.3) is 0 Å². The van der Waals surface area contributed by atoms with Gasteiger partial charge in [0.1, 0.15) is 11.3 Å². The number of hydrogen-bond acceptors (Lipinski definition) is 4. The summed E-state index contributed by atoms with van der Waals surface area (Å²) >= 11 is 0. The highest BCUT2D eigenvalue weighted by Crippen LogP contribution is 2.20. The largest absolute Gasteiger partial charge is 0.383 e. The third kappa shape index (κ3) is 3.03. The second kappa shape index (κ2) is 6.48. The number of fused-ring (bicyclic) bond motifs is 1. The Morgan fingerprint density at radius 3 is 3.08 bits per heavy atom. The lowest BCUT2D eigenvalue weighted by Gasteiger charge is -2.05. The maximum atomic E-state index is 13.4. The van der Waals surface area contributed by atoms with E-state index in [9.17, 15) is 4.39 Å². The van der Waals surface area contributed by atoms with Crippen molar-refractivity contribution >= 4 is 11.2 Å². The fourth-order valence-electron chi connectivity index (χ4n) is 2.77. The third-order valence-corrected chi connectivity index (χ3v) is 3.97. The number of nitrogens with one attached hydrogen (secondary N) is 1. The van der Waals surface area contributed by atoms with Crippen LogP contribution in [0.3, 0.4) is 0 Å². The zero-order valence-corrected chi connectivity index (χ0v) is 13.7. The van der Waals surface area contributed by atoms with Gasteiger partial charge in [-0.2, -0.15) is 5.10 Å². The fourth-order valence-corrected chi connectivity index (χ4v) is 2.77. The number of imidazole rings is 2. The van der Waals surface area contributed by atoms with Crippen molar-refractivity contribution < 1.29 is 9.13 Å². The van der Waals surface area contributed by atoms with Gasteiger partial charge >= 0.3 is 0 Å². The van der Waals surface area contributed by atoms with Crippen molar-refractivity contribution in [3.63, 3.8) is 0 Å². The van der Waals surface area contributed by atoms with E-state index in [-0.39, 0.29) is 5.82 Å². The molecule has 0 saturated carbocycles. The first-order chi connectivity index (χ1) is 12.2. The van der Waals surface area contributed by atoms with Gasteiger partial charge in [-0.15, -0.1) is 0 Å². The maximum absolute atomic E-state index is 13.4. The molecule has 3 aromatic heterocycles.